The fourth-order valence-corrected chi connectivity index (χ4v) is 5.92. The molecular weight excluding hydrogens is 266 g/mol. The zero-order valence-electron chi connectivity index (χ0n) is 12.5. The van der Waals surface area contributed by atoms with Gasteiger partial charge in [-0.3, -0.25) is 4.90 Å². The van der Waals surface area contributed by atoms with E-state index < -0.39 is 0 Å². The number of hydrogen-bond acceptors (Lipinski definition) is 4. The molecule has 4 rings (SSSR count). The summed E-state index contributed by atoms with van der Waals surface area (Å²) in [6.45, 7) is 5.84. The van der Waals surface area contributed by atoms with Crippen molar-refractivity contribution < 1.29 is 0 Å². The van der Waals surface area contributed by atoms with Gasteiger partial charge in [-0.05, 0) is 51.6 Å². The summed E-state index contributed by atoms with van der Waals surface area (Å²) in [6.07, 6.45) is 9.16. The van der Waals surface area contributed by atoms with Gasteiger partial charge in [0.15, 0.2) is 0 Å². The van der Waals surface area contributed by atoms with Crippen LogP contribution >= 0.6 is 11.3 Å². The molecule has 2 unspecified atom stereocenters. The minimum absolute atomic E-state index is 0.157. The number of piperidine rings is 1. The van der Waals surface area contributed by atoms with E-state index in [4.69, 9.17) is 4.98 Å². The molecular formula is C16H25N3S. The lowest BCUT2D eigenvalue weighted by atomic mass is 9.85. The predicted octanol–water partition coefficient (Wildman–Crippen LogP) is 2.69. The van der Waals surface area contributed by atoms with Crippen LogP contribution in [0.4, 0.5) is 0 Å². The molecule has 0 aromatic carbocycles. The third-order valence-corrected chi connectivity index (χ3v) is 6.78. The average molecular weight is 291 g/mol. The van der Waals surface area contributed by atoms with Gasteiger partial charge in [-0.2, -0.15) is 0 Å². The molecule has 20 heavy (non-hydrogen) atoms. The number of aromatic nitrogens is 1. The highest BCUT2D eigenvalue weighted by atomic mass is 32.1. The van der Waals surface area contributed by atoms with Gasteiger partial charge in [0.25, 0.3) is 0 Å². The zero-order valence-corrected chi connectivity index (χ0v) is 13.3. The monoisotopic (exact) mass is 291 g/mol. The first-order valence-electron chi connectivity index (χ1n) is 8.31. The molecule has 0 bridgehead atoms. The molecule has 0 spiro atoms. The first-order valence-corrected chi connectivity index (χ1v) is 9.13. The molecule has 3 aliphatic rings. The molecule has 3 nitrogen and oxygen atoms in total. The van der Waals surface area contributed by atoms with E-state index in [0.29, 0.717) is 6.04 Å². The van der Waals surface area contributed by atoms with Crippen LogP contribution in [0.5, 0.6) is 0 Å². The molecule has 3 heterocycles. The fraction of sp³-hybridized carbons (Fsp3) is 0.812. The van der Waals surface area contributed by atoms with Gasteiger partial charge in [-0.1, -0.05) is 13.3 Å². The summed E-state index contributed by atoms with van der Waals surface area (Å²) in [5.41, 5.74) is 1.57. The molecule has 1 aromatic rings. The Bertz CT molecular complexity index is 476. The van der Waals surface area contributed by atoms with Gasteiger partial charge in [-0.25, -0.2) is 4.98 Å². The number of nitrogens with one attached hydrogen (secondary N) is 1. The van der Waals surface area contributed by atoms with E-state index in [2.05, 4.69) is 17.1 Å². The van der Waals surface area contributed by atoms with Crippen molar-refractivity contribution in [1.29, 1.82) is 0 Å². The average Bonchev–Trinajstić information content (AvgIpc) is 3.12. The van der Waals surface area contributed by atoms with Crippen molar-refractivity contribution >= 4 is 11.3 Å². The molecule has 2 atom stereocenters. The number of hydrogen-bond donors (Lipinski definition) is 1. The lowest BCUT2D eigenvalue weighted by Gasteiger charge is -2.40. The molecule has 1 aromatic heterocycles. The van der Waals surface area contributed by atoms with Crippen LogP contribution in [-0.2, 0) is 18.4 Å². The normalized spacial score (nSPS) is 33.4. The molecule has 2 saturated heterocycles. The molecule has 1 aliphatic carbocycles. The van der Waals surface area contributed by atoms with Gasteiger partial charge in [-0.15, -0.1) is 11.3 Å². The van der Waals surface area contributed by atoms with Crippen molar-refractivity contribution in [2.75, 3.05) is 19.6 Å². The summed E-state index contributed by atoms with van der Waals surface area (Å²) in [5, 5.41) is 5.27. The standard InChI is InChI=1S/C16H25N3S/c1-2-17-16(9-11-19-10-4-3-8-14(16)19)15-18-12-6-5-7-13(12)20-15/h14,17H,2-11H2,1H3. The highest BCUT2D eigenvalue weighted by Gasteiger charge is 2.50. The van der Waals surface area contributed by atoms with Gasteiger partial charge < -0.3 is 5.32 Å². The van der Waals surface area contributed by atoms with Crippen LogP contribution in [-0.4, -0.2) is 35.6 Å². The van der Waals surface area contributed by atoms with Crippen molar-refractivity contribution in [2.24, 2.45) is 0 Å². The number of nitrogens with zero attached hydrogens (tertiary/aromatic N) is 2. The lowest BCUT2D eigenvalue weighted by molar-refractivity contribution is 0.137. The Labute approximate surface area is 125 Å². The first-order chi connectivity index (χ1) is 9.83. The van der Waals surface area contributed by atoms with E-state index in [1.54, 1.807) is 4.88 Å². The Morgan fingerprint density at radius 1 is 1.30 bits per heavy atom. The van der Waals surface area contributed by atoms with Gasteiger partial charge in [0, 0.05) is 17.5 Å². The van der Waals surface area contributed by atoms with Gasteiger partial charge in [0.1, 0.15) is 5.01 Å². The Kier molecular flexibility index (Phi) is 3.36. The smallest absolute Gasteiger partial charge is 0.115 e. The highest BCUT2D eigenvalue weighted by molar-refractivity contribution is 7.12. The number of thiazole rings is 1. The van der Waals surface area contributed by atoms with Crippen LogP contribution in [0.15, 0.2) is 0 Å². The van der Waals surface area contributed by atoms with Crippen LogP contribution in [0.3, 0.4) is 0 Å². The van der Waals surface area contributed by atoms with E-state index in [9.17, 15) is 0 Å². The van der Waals surface area contributed by atoms with Crippen molar-refractivity contribution in [1.82, 2.24) is 15.2 Å². The van der Waals surface area contributed by atoms with Gasteiger partial charge in [0.05, 0.1) is 11.2 Å². The number of rotatable bonds is 3. The van der Waals surface area contributed by atoms with Crippen molar-refractivity contribution in [2.45, 2.75) is 63.5 Å². The number of fused-ring (bicyclic) bond motifs is 2. The summed E-state index contributed by atoms with van der Waals surface area (Å²) in [4.78, 5) is 9.38. The second-order valence-corrected chi connectivity index (χ2v) is 7.63. The van der Waals surface area contributed by atoms with E-state index in [1.165, 1.54) is 68.7 Å². The van der Waals surface area contributed by atoms with Crippen LogP contribution in [0.25, 0.3) is 0 Å². The maximum atomic E-state index is 5.08. The number of likely N-dealkylation sites (N-methyl/N-ethyl adjacent to an activating group) is 1. The van der Waals surface area contributed by atoms with Crippen molar-refractivity contribution in [3.63, 3.8) is 0 Å². The Hall–Kier alpha value is -0.450. The molecule has 0 radical (unpaired) electrons. The Balaban J connectivity index is 1.72. The molecule has 2 aliphatic heterocycles. The summed E-state index contributed by atoms with van der Waals surface area (Å²) >= 11 is 2.01. The zero-order chi connectivity index (χ0) is 13.6. The molecule has 1 N–H and O–H groups in total. The third kappa shape index (κ3) is 1.88. The summed E-state index contributed by atoms with van der Waals surface area (Å²) in [7, 11) is 0. The van der Waals surface area contributed by atoms with E-state index in [0.717, 1.165) is 6.54 Å². The second-order valence-electron chi connectivity index (χ2n) is 6.54. The summed E-state index contributed by atoms with van der Waals surface area (Å²) < 4.78 is 0. The maximum Gasteiger partial charge on any atom is 0.115 e. The van der Waals surface area contributed by atoms with Gasteiger partial charge in [0.2, 0.25) is 0 Å². The van der Waals surface area contributed by atoms with Crippen LogP contribution in [0, 0.1) is 0 Å². The largest absolute Gasteiger partial charge is 0.304 e. The molecule has 110 valence electrons. The quantitative estimate of drug-likeness (QED) is 0.928. The summed E-state index contributed by atoms with van der Waals surface area (Å²) in [6, 6.07) is 0.683. The van der Waals surface area contributed by atoms with Crippen LogP contribution in [0.1, 0.15) is 54.6 Å². The second kappa shape index (κ2) is 5.08. The first kappa shape index (κ1) is 13.2. The fourth-order valence-electron chi connectivity index (χ4n) is 4.53. The predicted molar refractivity (Wildman–Crippen MR) is 83.3 cm³/mol. The van der Waals surface area contributed by atoms with E-state index in [-0.39, 0.29) is 5.54 Å². The topological polar surface area (TPSA) is 28.2 Å². The Morgan fingerprint density at radius 3 is 3.10 bits per heavy atom. The van der Waals surface area contributed by atoms with Crippen LogP contribution < -0.4 is 5.32 Å². The van der Waals surface area contributed by atoms with E-state index >= 15 is 0 Å². The maximum absolute atomic E-state index is 5.08. The molecule has 0 saturated carbocycles. The van der Waals surface area contributed by atoms with E-state index in [1.807, 2.05) is 11.3 Å². The van der Waals surface area contributed by atoms with Crippen molar-refractivity contribution in [3.8, 4) is 0 Å². The molecule has 4 heteroatoms. The lowest BCUT2D eigenvalue weighted by Crippen LogP contribution is -2.53. The highest BCUT2D eigenvalue weighted by Crippen LogP contribution is 2.45. The SMILES string of the molecule is CCNC1(c2nc3c(s2)CCC3)CCN2CCCCC21. The van der Waals surface area contributed by atoms with Crippen molar-refractivity contribution in [3.05, 3.63) is 15.6 Å². The molecule has 2 fully saturated rings. The minimum atomic E-state index is 0.157. The summed E-state index contributed by atoms with van der Waals surface area (Å²) in [5.74, 6) is 0. The van der Waals surface area contributed by atoms with Gasteiger partial charge >= 0.3 is 0 Å². The molecule has 0 amide bonds. The minimum Gasteiger partial charge on any atom is -0.304 e. The van der Waals surface area contributed by atoms with Crippen LogP contribution in [0.2, 0.25) is 0 Å². The Morgan fingerprint density at radius 2 is 2.25 bits per heavy atom. The third-order valence-electron chi connectivity index (χ3n) is 5.45. The number of aryl methyl sites for hydroxylation is 2.